The average molecular weight is 415 g/mol. The lowest BCUT2D eigenvalue weighted by Crippen LogP contribution is -2.46. The molecule has 5 rings (SSSR count). The van der Waals surface area contributed by atoms with Gasteiger partial charge < -0.3 is 15.1 Å². The fourth-order valence-corrected chi connectivity index (χ4v) is 6.24. The summed E-state index contributed by atoms with van der Waals surface area (Å²) in [5, 5.41) is 3.34. The fraction of sp³-hybridized carbons (Fsp3) is 0.708. The Bertz CT molecular complexity index is 793. The molecule has 0 saturated carbocycles. The first-order valence-corrected chi connectivity index (χ1v) is 11.9. The zero-order chi connectivity index (χ0) is 20.7. The number of rotatable bonds is 3. The van der Waals surface area contributed by atoms with Crippen LogP contribution in [0, 0.1) is 11.2 Å². The summed E-state index contributed by atoms with van der Waals surface area (Å²) in [6.07, 6.45) is 7.66. The zero-order valence-corrected chi connectivity index (χ0v) is 18.2. The minimum Gasteiger partial charge on any atom is -0.370 e. The van der Waals surface area contributed by atoms with Crippen molar-refractivity contribution in [2.75, 3.05) is 49.1 Å². The van der Waals surface area contributed by atoms with Gasteiger partial charge in [0.05, 0.1) is 11.1 Å². The largest absolute Gasteiger partial charge is 0.370 e. The van der Waals surface area contributed by atoms with Gasteiger partial charge in [0.25, 0.3) is 0 Å². The highest BCUT2D eigenvalue weighted by Gasteiger charge is 2.47. The van der Waals surface area contributed by atoms with E-state index in [2.05, 4.69) is 22.0 Å². The third-order valence-corrected chi connectivity index (χ3v) is 8.15. The zero-order valence-electron chi connectivity index (χ0n) is 18.2. The Balaban J connectivity index is 1.28. The van der Waals surface area contributed by atoms with Crippen molar-refractivity contribution >= 4 is 17.3 Å². The van der Waals surface area contributed by atoms with Gasteiger partial charge in [-0.3, -0.25) is 9.69 Å². The lowest BCUT2D eigenvalue weighted by molar-refractivity contribution is -0.126. The van der Waals surface area contributed by atoms with E-state index in [0.717, 1.165) is 57.5 Å². The molecule has 1 aromatic rings. The topological polar surface area (TPSA) is 38.8 Å². The van der Waals surface area contributed by atoms with E-state index in [1.54, 1.807) is 11.0 Å². The molecule has 0 aliphatic carbocycles. The fourth-order valence-electron chi connectivity index (χ4n) is 6.24. The van der Waals surface area contributed by atoms with Crippen LogP contribution in [0.4, 0.5) is 15.8 Å². The first-order valence-electron chi connectivity index (χ1n) is 11.9. The SMILES string of the molecule is CC1CCCCN1C1CCN(c2ccc(N3CCC4(CCNCC4)C3=O)c(F)c2)C1. The van der Waals surface area contributed by atoms with Gasteiger partial charge >= 0.3 is 0 Å². The van der Waals surface area contributed by atoms with Gasteiger partial charge in [-0.25, -0.2) is 4.39 Å². The Labute approximate surface area is 179 Å². The van der Waals surface area contributed by atoms with Gasteiger partial charge in [-0.05, 0) is 83.3 Å². The highest BCUT2D eigenvalue weighted by Crippen LogP contribution is 2.42. The summed E-state index contributed by atoms with van der Waals surface area (Å²) in [5.74, 6) is -0.141. The Kier molecular flexibility index (Phi) is 5.48. The molecule has 0 aromatic heterocycles. The molecule has 30 heavy (non-hydrogen) atoms. The number of carbonyl (C=O) groups excluding carboxylic acids is 1. The number of benzene rings is 1. The molecule has 4 heterocycles. The third-order valence-electron chi connectivity index (χ3n) is 8.15. The van der Waals surface area contributed by atoms with E-state index >= 15 is 4.39 Å². The smallest absolute Gasteiger partial charge is 0.233 e. The van der Waals surface area contributed by atoms with E-state index in [0.29, 0.717) is 24.3 Å². The number of carbonyl (C=O) groups is 1. The van der Waals surface area contributed by atoms with Crippen molar-refractivity contribution in [3.05, 3.63) is 24.0 Å². The number of amides is 1. The Morgan fingerprint density at radius 1 is 1.07 bits per heavy atom. The number of nitrogens with zero attached hydrogens (tertiary/aromatic N) is 3. The molecular formula is C24H35FN4O. The van der Waals surface area contributed by atoms with Crippen molar-refractivity contribution in [3.63, 3.8) is 0 Å². The number of anilines is 2. The van der Waals surface area contributed by atoms with Crippen LogP contribution in [0.1, 0.15) is 51.9 Å². The maximum Gasteiger partial charge on any atom is 0.233 e. The van der Waals surface area contributed by atoms with E-state index < -0.39 is 0 Å². The van der Waals surface area contributed by atoms with E-state index in [-0.39, 0.29) is 17.1 Å². The van der Waals surface area contributed by atoms with Crippen LogP contribution >= 0.6 is 0 Å². The van der Waals surface area contributed by atoms with Crippen LogP contribution in [0.5, 0.6) is 0 Å². The van der Waals surface area contributed by atoms with Crippen molar-refractivity contribution in [2.45, 2.75) is 64.0 Å². The maximum absolute atomic E-state index is 15.2. The minimum absolute atomic E-state index is 0.121. The number of likely N-dealkylation sites (tertiary alicyclic amines) is 1. The lowest BCUT2D eigenvalue weighted by Gasteiger charge is -2.38. The van der Waals surface area contributed by atoms with Crippen molar-refractivity contribution in [2.24, 2.45) is 5.41 Å². The van der Waals surface area contributed by atoms with Gasteiger partial charge in [-0.15, -0.1) is 0 Å². The molecule has 4 saturated heterocycles. The quantitative estimate of drug-likeness (QED) is 0.823. The predicted molar refractivity (Wildman–Crippen MR) is 119 cm³/mol. The first kappa shape index (κ1) is 20.3. The summed E-state index contributed by atoms with van der Waals surface area (Å²) < 4.78 is 15.2. The summed E-state index contributed by atoms with van der Waals surface area (Å²) in [4.78, 5) is 19.8. The predicted octanol–water partition coefficient (Wildman–Crippen LogP) is 3.39. The Hall–Kier alpha value is -1.66. The number of nitrogens with one attached hydrogen (secondary N) is 1. The minimum atomic E-state index is -0.274. The van der Waals surface area contributed by atoms with Crippen LogP contribution in [0.3, 0.4) is 0 Å². The molecule has 2 atom stereocenters. The monoisotopic (exact) mass is 414 g/mol. The molecule has 4 fully saturated rings. The van der Waals surface area contributed by atoms with Crippen molar-refractivity contribution < 1.29 is 9.18 Å². The molecule has 2 unspecified atom stereocenters. The third kappa shape index (κ3) is 3.52. The number of halogens is 1. The second kappa shape index (κ2) is 8.12. The summed E-state index contributed by atoms with van der Waals surface area (Å²) in [6.45, 7) is 7.89. The molecular weight excluding hydrogens is 379 g/mol. The first-order chi connectivity index (χ1) is 14.6. The van der Waals surface area contributed by atoms with E-state index in [4.69, 9.17) is 0 Å². The summed E-state index contributed by atoms with van der Waals surface area (Å²) in [5.41, 5.74) is 1.13. The molecule has 4 aliphatic heterocycles. The van der Waals surface area contributed by atoms with Crippen molar-refractivity contribution in [1.82, 2.24) is 10.2 Å². The Morgan fingerprint density at radius 2 is 1.90 bits per heavy atom. The van der Waals surface area contributed by atoms with Crippen LogP contribution in [0.2, 0.25) is 0 Å². The molecule has 1 N–H and O–H groups in total. The molecule has 4 aliphatic rings. The summed E-state index contributed by atoms with van der Waals surface area (Å²) in [7, 11) is 0. The number of hydrogen-bond donors (Lipinski definition) is 1. The molecule has 6 heteroatoms. The normalized spacial score (nSPS) is 29.9. The molecule has 0 bridgehead atoms. The standard InChI is InChI=1S/C24H35FN4O/c1-18-4-2-3-13-28(18)20-7-14-27(17-20)19-5-6-22(21(25)16-19)29-15-10-24(23(29)30)8-11-26-12-9-24/h5-6,16,18,20,26H,2-4,7-15,17H2,1H3. The highest BCUT2D eigenvalue weighted by atomic mass is 19.1. The molecule has 164 valence electrons. The van der Waals surface area contributed by atoms with Crippen molar-refractivity contribution in [3.8, 4) is 0 Å². The Morgan fingerprint density at radius 3 is 2.67 bits per heavy atom. The van der Waals surface area contributed by atoms with Crippen LogP contribution < -0.4 is 15.1 Å². The highest BCUT2D eigenvalue weighted by molar-refractivity contribution is 6.00. The summed E-state index contributed by atoms with van der Waals surface area (Å²) >= 11 is 0. The van der Waals surface area contributed by atoms with Crippen LogP contribution in [0.25, 0.3) is 0 Å². The van der Waals surface area contributed by atoms with Gasteiger partial charge in [0.2, 0.25) is 5.91 Å². The average Bonchev–Trinajstić information content (AvgIpc) is 3.36. The summed E-state index contributed by atoms with van der Waals surface area (Å²) in [6, 6.07) is 6.73. The van der Waals surface area contributed by atoms with E-state index in [1.165, 1.54) is 25.8 Å². The van der Waals surface area contributed by atoms with Gasteiger partial charge in [0.15, 0.2) is 0 Å². The van der Waals surface area contributed by atoms with Crippen LogP contribution in [0.15, 0.2) is 18.2 Å². The van der Waals surface area contributed by atoms with E-state index in [9.17, 15) is 4.79 Å². The van der Waals surface area contributed by atoms with Gasteiger partial charge in [-0.2, -0.15) is 0 Å². The van der Waals surface area contributed by atoms with Gasteiger partial charge in [0, 0.05) is 37.4 Å². The van der Waals surface area contributed by atoms with Gasteiger partial charge in [-0.1, -0.05) is 6.42 Å². The van der Waals surface area contributed by atoms with Gasteiger partial charge in [0.1, 0.15) is 5.82 Å². The molecule has 1 spiro atoms. The van der Waals surface area contributed by atoms with Crippen LogP contribution in [-0.2, 0) is 4.79 Å². The molecule has 1 aromatic carbocycles. The maximum atomic E-state index is 15.2. The number of piperidine rings is 2. The lowest BCUT2D eigenvalue weighted by atomic mass is 9.78. The van der Waals surface area contributed by atoms with Crippen molar-refractivity contribution in [1.29, 1.82) is 0 Å². The molecule has 1 amide bonds. The van der Waals surface area contributed by atoms with Crippen LogP contribution in [-0.4, -0.2) is 62.2 Å². The second-order valence-corrected chi connectivity index (χ2v) is 9.84. The molecule has 5 nitrogen and oxygen atoms in total. The second-order valence-electron chi connectivity index (χ2n) is 9.84. The molecule has 0 radical (unpaired) electrons. The van der Waals surface area contributed by atoms with E-state index in [1.807, 2.05) is 12.1 Å². The number of hydrogen-bond acceptors (Lipinski definition) is 4.